The van der Waals surface area contributed by atoms with E-state index in [0.717, 1.165) is 10.8 Å². The van der Waals surface area contributed by atoms with Gasteiger partial charge in [-0.3, -0.25) is 4.79 Å². The van der Waals surface area contributed by atoms with Gasteiger partial charge in [0.25, 0.3) is 5.91 Å². The van der Waals surface area contributed by atoms with Crippen LogP contribution in [-0.2, 0) is 9.53 Å². The zero-order valence-electron chi connectivity index (χ0n) is 12.2. The Morgan fingerprint density at radius 2 is 1.76 bits per heavy atom. The molecule has 0 saturated heterocycles. The molecule has 0 aliphatic carbocycles. The minimum atomic E-state index is -0.844. The molecule has 21 heavy (non-hydrogen) atoms. The SMILES string of the molecule is CNC(=O)[C@@H](C)OC(=O)c1ccc(OC)c2ccccc12. The molecule has 0 radical (unpaired) electrons. The van der Waals surface area contributed by atoms with E-state index in [1.807, 2.05) is 24.3 Å². The van der Waals surface area contributed by atoms with Crippen molar-refractivity contribution >= 4 is 22.6 Å². The maximum atomic E-state index is 12.2. The first kappa shape index (κ1) is 14.8. The van der Waals surface area contributed by atoms with Crippen LogP contribution >= 0.6 is 0 Å². The molecule has 0 aliphatic heterocycles. The first-order valence-corrected chi connectivity index (χ1v) is 6.56. The number of esters is 1. The molecule has 0 heterocycles. The molecule has 0 aliphatic rings. The van der Waals surface area contributed by atoms with Crippen molar-refractivity contribution in [2.24, 2.45) is 0 Å². The van der Waals surface area contributed by atoms with E-state index >= 15 is 0 Å². The number of hydrogen-bond acceptors (Lipinski definition) is 4. The Morgan fingerprint density at radius 1 is 1.10 bits per heavy atom. The van der Waals surface area contributed by atoms with E-state index in [9.17, 15) is 9.59 Å². The number of fused-ring (bicyclic) bond motifs is 1. The molecular weight excluding hydrogens is 270 g/mol. The van der Waals surface area contributed by atoms with Crippen LogP contribution in [-0.4, -0.2) is 32.1 Å². The lowest BCUT2D eigenvalue weighted by Gasteiger charge is -2.14. The summed E-state index contributed by atoms with van der Waals surface area (Å²) in [6, 6.07) is 10.7. The minimum absolute atomic E-state index is 0.346. The molecule has 0 fully saturated rings. The van der Waals surface area contributed by atoms with Gasteiger partial charge >= 0.3 is 5.97 Å². The van der Waals surface area contributed by atoms with Crippen molar-refractivity contribution in [3.8, 4) is 5.75 Å². The quantitative estimate of drug-likeness (QED) is 0.875. The molecule has 0 aromatic heterocycles. The number of methoxy groups -OCH3 is 1. The van der Waals surface area contributed by atoms with Crippen LogP contribution in [0.25, 0.3) is 10.8 Å². The van der Waals surface area contributed by atoms with Crippen molar-refractivity contribution in [2.45, 2.75) is 13.0 Å². The number of benzene rings is 2. The predicted octanol–water partition coefficient (Wildman–Crippen LogP) is 2.14. The monoisotopic (exact) mass is 287 g/mol. The zero-order valence-corrected chi connectivity index (χ0v) is 12.2. The third kappa shape index (κ3) is 2.97. The van der Waals surface area contributed by atoms with Crippen molar-refractivity contribution in [3.63, 3.8) is 0 Å². The predicted molar refractivity (Wildman–Crippen MR) is 79.4 cm³/mol. The topological polar surface area (TPSA) is 64.6 Å². The van der Waals surface area contributed by atoms with Gasteiger partial charge in [-0.2, -0.15) is 0 Å². The summed E-state index contributed by atoms with van der Waals surface area (Å²) in [4.78, 5) is 23.7. The Balaban J connectivity index is 2.38. The Morgan fingerprint density at radius 3 is 2.38 bits per heavy atom. The van der Waals surface area contributed by atoms with Crippen molar-refractivity contribution in [1.82, 2.24) is 5.32 Å². The highest BCUT2D eigenvalue weighted by Gasteiger charge is 2.20. The summed E-state index contributed by atoms with van der Waals surface area (Å²) in [5.41, 5.74) is 0.405. The molecule has 0 unspecified atom stereocenters. The molecule has 2 aromatic carbocycles. The van der Waals surface area contributed by atoms with Crippen LogP contribution in [0.4, 0.5) is 0 Å². The van der Waals surface area contributed by atoms with Crippen molar-refractivity contribution in [3.05, 3.63) is 42.0 Å². The summed E-state index contributed by atoms with van der Waals surface area (Å²) < 4.78 is 10.5. The molecule has 1 N–H and O–H groups in total. The Hall–Kier alpha value is -2.56. The van der Waals surface area contributed by atoms with E-state index in [1.165, 1.54) is 14.0 Å². The van der Waals surface area contributed by atoms with Gasteiger partial charge in [0.1, 0.15) is 5.75 Å². The Labute approximate surface area is 122 Å². The van der Waals surface area contributed by atoms with Crippen molar-refractivity contribution in [2.75, 3.05) is 14.2 Å². The molecule has 5 nitrogen and oxygen atoms in total. The molecular formula is C16H17NO4. The summed E-state index contributed by atoms with van der Waals surface area (Å²) in [6.45, 7) is 1.53. The number of nitrogens with one attached hydrogen (secondary N) is 1. The minimum Gasteiger partial charge on any atom is -0.496 e. The van der Waals surface area contributed by atoms with E-state index in [1.54, 1.807) is 19.2 Å². The fourth-order valence-corrected chi connectivity index (χ4v) is 2.11. The number of likely N-dealkylation sites (N-methyl/N-ethyl adjacent to an activating group) is 1. The highest BCUT2D eigenvalue weighted by Crippen LogP contribution is 2.28. The number of hydrogen-bond donors (Lipinski definition) is 1. The first-order valence-electron chi connectivity index (χ1n) is 6.56. The molecule has 1 amide bonds. The Bertz CT molecular complexity index is 681. The van der Waals surface area contributed by atoms with Gasteiger partial charge in [0.15, 0.2) is 6.10 Å². The van der Waals surface area contributed by atoms with E-state index in [0.29, 0.717) is 11.3 Å². The highest BCUT2D eigenvalue weighted by atomic mass is 16.5. The zero-order chi connectivity index (χ0) is 15.4. The van der Waals surface area contributed by atoms with E-state index in [4.69, 9.17) is 9.47 Å². The number of ether oxygens (including phenoxy) is 2. The van der Waals surface area contributed by atoms with Crippen LogP contribution in [0.15, 0.2) is 36.4 Å². The van der Waals surface area contributed by atoms with Crippen LogP contribution in [0.5, 0.6) is 5.75 Å². The van der Waals surface area contributed by atoms with Crippen LogP contribution in [0.3, 0.4) is 0 Å². The number of amides is 1. The van der Waals surface area contributed by atoms with Gasteiger partial charge in [-0.15, -0.1) is 0 Å². The average Bonchev–Trinajstić information content (AvgIpc) is 2.52. The van der Waals surface area contributed by atoms with Gasteiger partial charge in [0.2, 0.25) is 0 Å². The summed E-state index contributed by atoms with van der Waals surface area (Å²) in [5.74, 6) is -0.201. The van der Waals surface area contributed by atoms with E-state index < -0.39 is 12.1 Å². The molecule has 2 rings (SSSR count). The Kier molecular flexibility index (Phi) is 4.42. The standard InChI is InChI=1S/C16H17NO4/c1-10(15(18)17-2)21-16(19)13-8-9-14(20-3)12-7-5-4-6-11(12)13/h4-10H,1-3H3,(H,17,18)/t10-/m1/s1. The smallest absolute Gasteiger partial charge is 0.339 e. The van der Waals surface area contributed by atoms with Crippen LogP contribution in [0, 0.1) is 0 Å². The molecule has 0 saturated carbocycles. The van der Waals surface area contributed by atoms with Crippen molar-refractivity contribution < 1.29 is 19.1 Å². The molecule has 2 aromatic rings. The van der Waals surface area contributed by atoms with Gasteiger partial charge in [0, 0.05) is 12.4 Å². The molecule has 1 atom stereocenters. The highest BCUT2D eigenvalue weighted by molar-refractivity contribution is 6.06. The lowest BCUT2D eigenvalue weighted by Crippen LogP contribution is -2.33. The molecule has 5 heteroatoms. The number of rotatable bonds is 4. The third-order valence-electron chi connectivity index (χ3n) is 3.22. The third-order valence-corrected chi connectivity index (χ3v) is 3.22. The van der Waals surface area contributed by atoms with E-state index in [-0.39, 0.29) is 5.91 Å². The van der Waals surface area contributed by atoms with Crippen LogP contribution in [0.1, 0.15) is 17.3 Å². The summed E-state index contributed by atoms with van der Waals surface area (Å²) in [7, 11) is 3.07. The van der Waals surface area contributed by atoms with Crippen LogP contribution < -0.4 is 10.1 Å². The maximum absolute atomic E-state index is 12.2. The van der Waals surface area contributed by atoms with Gasteiger partial charge in [0.05, 0.1) is 12.7 Å². The fraction of sp³-hybridized carbons (Fsp3) is 0.250. The largest absolute Gasteiger partial charge is 0.496 e. The first-order chi connectivity index (χ1) is 10.1. The van der Waals surface area contributed by atoms with Gasteiger partial charge in [-0.25, -0.2) is 4.79 Å². The fourth-order valence-electron chi connectivity index (χ4n) is 2.11. The maximum Gasteiger partial charge on any atom is 0.339 e. The second-order valence-corrected chi connectivity index (χ2v) is 4.52. The van der Waals surface area contributed by atoms with Crippen LogP contribution in [0.2, 0.25) is 0 Å². The van der Waals surface area contributed by atoms with Gasteiger partial charge in [-0.05, 0) is 24.4 Å². The average molecular weight is 287 g/mol. The lowest BCUT2D eigenvalue weighted by molar-refractivity contribution is -0.128. The summed E-state index contributed by atoms with van der Waals surface area (Å²) in [5, 5.41) is 3.99. The molecule has 0 spiro atoms. The molecule has 0 bridgehead atoms. The second kappa shape index (κ2) is 6.26. The lowest BCUT2D eigenvalue weighted by atomic mass is 10.0. The number of carbonyl (C=O) groups is 2. The summed E-state index contributed by atoms with van der Waals surface area (Å²) in [6.07, 6.45) is -0.844. The normalized spacial score (nSPS) is 11.8. The van der Waals surface area contributed by atoms with Gasteiger partial charge < -0.3 is 14.8 Å². The van der Waals surface area contributed by atoms with Crippen molar-refractivity contribution in [1.29, 1.82) is 0 Å². The summed E-state index contributed by atoms with van der Waals surface area (Å²) >= 11 is 0. The van der Waals surface area contributed by atoms with Gasteiger partial charge in [-0.1, -0.05) is 24.3 Å². The number of carbonyl (C=O) groups excluding carboxylic acids is 2. The second-order valence-electron chi connectivity index (χ2n) is 4.52. The van der Waals surface area contributed by atoms with E-state index in [2.05, 4.69) is 5.32 Å². The molecule has 110 valence electrons.